The third-order valence-corrected chi connectivity index (χ3v) is 3.38. The number of hydrogen-bond acceptors (Lipinski definition) is 5. The number of carbonyl (C=O) groups is 1. The van der Waals surface area contributed by atoms with Gasteiger partial charge < -0.3 is 21.1 Å². The van der Waals surface area contributed by atoms with Crippen LogP contribution in [0.1, 0.15) is 13.3 Å². The molecule has 8 heteroatoms. The summed E-state index contributed by atoms with van der Waals surface area (Å²) in [6, 6.07) is 4.85. The first kappa shape index (κ1) is 15.2. The zero-order valence-electron chi connectivity index (χ0n) is 11.6. The SMILES string of the molecule is CCOC1CC(N)C1NC(=O)Nc1ccc([N+](=O)[O-])cc1. The molecule has 21 heavy (non-hydrogen) atoms. The molecule has 2 amide bonds. The highest BCUT2D eigenvalue weighted by Crippen LogP contribution is 2.22. The van der Waals surface area contributed by atoms with Crippen molar-refractivity contribution in [2.75, 3.05) is 11.9 Å². The molecule has 3 unspecified atom stereocenters. The first-order valence-corrected chi connectivity index (χ1v) is 6.70. The van der Waals surface area contributed by atoms with Crippen LogP contribution in [0.25, 0.3) is 0 Å². The number of nitrogens with zero attached hydrogens (tertiary/aromatic N) is 1. The Labute approximate surface area is 121 Å². The molecule has 114 valence electrons. The predicted octanol–water partition coefficient (Wildman–Crippen LogP) is 1.22. The molecule has 1 saturated carbocycles. The molecular formula is C13H18N4O4. The van der Waals surface area contributed by atoms with Gasteiger partial charge in [0.2, 0.25) is 0 Å². The lowest BCUT2D eigenvalue weighted by molar-refractivity contribution is -0.384. The number of nitro benzene ring substituents is 1. The van der Waals surface area contributed by atoms with Crippen LogP contribution in [-0.2, 0) is 4.74 Å². The second-order valence-corrected chi connectivity index (χ2v) is 4.82. The number of nitrogens with one attached hydrogen (secondary N) is 2. The van der Waals surface area contributed by atoms with E-state index in [-0.39, 0.29) is 23.9 Å². The van der Waals surface area contributed by atoms with Gasteiger partial charge >= 0.3 is 6.03 Å². The minimum absolute atomic E-state index is 0.0293. The third-order valence-electron chi connectivity index (χ3n) is 3.38. The summed E-state index contributed by atoms with van der Waals surface area (Å²) in [6.45, 7) is 2.46. The van der Waals surface area contributed by atoms with Gasteiger partial charge in [-0.1, -0.05) is 0 Å². The van der Waals surface area contributed by atoms with Crippen LogP contribution in [0.3, 0.4) is 0 Å². The Balaban J connectivity index is 1.88. The van der Waals surface area contributed by atoms with Gasteiger partial charge in [0.15, 0.2) is 0 Å². The van der Waals surface area contributed by atoms with Crippen molar-refractivity contribution in [3.63, 3.8) is 0 Å². The van der Waals surface area contributed by atoms with Crippen LogP contribution in [-0.4, -0.2) is 35.7 Å². The summed E-state index contributed by atoms with van der Waals surface area (Å²) in [6.07, 6.45) is 0.656. The number of benzene rings is 1. The Kier molecular flexibility index (Phi) is 4.71. The molecule has 4 N–H and O–H groups in total. The van der Waals surface area contributed by atoms with E-state index < -0.39 is 11.0 Å². The van der Waals surface area contributed by atoms with Crippen LogP contribution in [0.5, 0.6) is 0 Å². The number of nitrogens with two attached hydrogens (primary N) is 1. The van der Waals surface area contributed by atoms with E-state index in [2.05, 4.69) is 10.6 Å². The molecule has 0 saturated heterocycles. The number of amides is 2. The van der Waals surface area contributed by atoms with Crippen molar-refractivity contribution in [1.29, 1.82) is 0 Å². The van der Waals surface area contributed by atoms with Crippen molar-refractivity contribution in [3.8, 4) is 0 Å². The molecule has 2 rings (SSSR count). The van der Waals surface area contributed by atoms with Crippen LogP contribution in [0.15, 0.2) is 24.3 Å². The maximum Gasteiger partial charge on any atom is 0.319 e. The summed E-state index contributed by atoms with van der Waals surface area (Å²) in [5, 5.41) is 15.9. The van der Waals surface area contributed by atoms with E-state index in [1.54, 1.807) is 0 Å². The van der Waals surface area contributed by atoms with Gasteiger partial charge in [0.25, 0.3) is 5.69 Å². The quantitative estimate of drug-likeness (QED) is 0.557. The second-order valence-electron chi connectivity index (χ2n) is 4.82. The molecule has 1 aromatic carbocycles. The normalized spacial score (nSPS) is 24.0. The van der Waals surface area contributed by atoms with Crippen molar-refractivity contribution in [1.82, 2.24) is 5.32 Å². The monoisotopic (exact) mass is 294 g/mol. The van der Waals surface area contributed by atoms with E-state index in [0.717, 1.165) is 6.42 Å². The van der Waals surface area contributed by atoms with Crippen molar-refractivity contribution in [2.24, 2.45) is 5.73 Å². The molecule has 8 nitrogen and oxygen atoms in total. The van der Waals surface area contributed by atoms with E-state index in [4.69, 9.17) is 10.5 Å². The Morgan fingerprint density at radius 2 is 2.14 bits per heavy atom. The summed E-state index contributed by atoms with van der Waals surface area (Å²) >= 11 is 0. The Morgan fingerprint density at radius 3 is 2.67 bits per heavy atom. The van der Waals surface area contributed by atoms with Crippen molar-refractivity contribution in [2.45, 2.75) is 31.5 Å². The Bertz CT molecular complexity index is 517. The molecular weight excluding hydrogens is 276 g/mol. The van der Waals surface area contributed by atoms with Crippen molar-refractivity contribution in [3.05, 3.63) is 34.4 Å². The molecule has 0 aliphatic heterocycles. The number of non-ortho nitro benzene ring substituents is 1. The van der Waals surface area contributed by atoms with Gasteiger partial charge in [-0.3, -0.25) is 10.1 Å². The van der Waals surface area contributed by atoms with E-state index in [1.807, 2.05) is 6.92 Å². The molecule has 1 aromatic rings. The van der Waals surface area contributed by atoms with Gasteiger partial charge in [0, 0.05) is 30.5 Å². The van der Waals surface area contributed by atoms with E-state index >= 15 is 0 Å². The fraction of sp³-hybridized carbons (Fsp3) is 0.462. The lowest BCUT2D eigenvalue weighted by Gasteiger charge is -2.42. The molecule has 0 bridgehead atoms. The number of hydrogen-bond donors (Lipinski definition) is 3. The molecule has 0 heterocycles. The van der Waals surface area contributed by atoms with Crippen LogP contribution in [0, 0.1) is 10.1 Å². The lowest BCUT2D eigenvalue weighted by atomic mass is 9.83. The second kappa shape index (κ2) is 6.51. The molecule has 1 aliphatic carbocycles. The van der Waals surface area contributed by atoms with Gasteiger partial charge in [0.1, 0.15) is 0 Å². The molecule has 3 atom stereocenters. The van der Waals surface area contributed by atoms with Crippen LogP contribution in [0.4, 0.5) is 16.2 Å². The Morgan fingerprint density at radius 1 is 1.48 bits per heavy atom. The fourth-order valence-corrected chi connectivity index (χ4v) is 2.21. The number of nitro groups is 1. The smallest absolute Gasteiger partial charge is 0.319 e. The number of carbonyl (C=O) groups excluding carboxylic acids is 1. The van der Waals surface area contributed by atoms with E-state index in [0.29, 0.717) is 12.3 Å². The van der Waals surface area contributed by atoms with E-state index in [1.165, 1.54) is 24.3 Å². The van der Waals surface area contributed by atoms with E-state index in [9.17, 15) is 14.9 Å². The number of anilines is 1. The van der Waals surface area contributed by atoms with Crippen molar-refractivity contribution < 1.29 is 14.5 Å². The van der Waals surface area contributed by atoms with Crippen LogP contribution < -0.4 is 16.4 Å². The molecule has 1 fully saturated rings. The maximum absolute atomic E-state index is 11.9. The number of ether oxygens (including phenoxy) is 1. The molecule has 0 spiro atoms. The summed E-state index contributed by atoms with van der Waals surface area (Å²) in [5.41, 5.74) is 6.28. The zero-order chi connectivity index (χ0) is 15.4. The summed E-state index contributed by atoms with van der Waals surface area (Å²) in [4.78, 5) is 21.9. The maximum atomic E-state index is 11.9. The number of rotatable bonds is 5. The molecule has 1 aliphatic rings. The van der Waals surface area contributed by atoms with Gasteiger partial charge in [0.05, 0.1) is 17.1 Å². The summed E-state index contributed by atoms with van der Waals surface area (Å²) < 4.78 is 5.46. The average Bonchev–Trinajstić information content (AvgIpc) is 2.45. The van der Waals surface area contributed by atoms with Gasteiger partial charge in [-0.05, 0) is 25.5 Å². The average molecular weight is 294 g/mol. The minimum Gasteiger partial charge on any atom is -0.376 e. The predicted molar refractivity (Wildman–Crippen MR) is 77.0 cm³/mol. The summed E-state index contributed by atoms with van der Waals surface area (Å²) in [7, 11) is 0. The number of urea groups is 1. The fourth-order valence-electron chi connectivity index (χ4n) is 2.21. The van der Waals surface area contributed by atoms with Gasteiger partial charge in [-0.2, -0.15) is 0 Å². The van der Waals surface area contributed by atoms with Crippen LogP contribution >= 0.6 is 0 Å². The topological polar surface area (TPSA) is 120 Å². The summed E-state index contributed by atoms with van der Waals surface area (Å²) in [5.74, 6) is 0. The standard InChI is InChI=1S/C13H18N4O4/c1-2-21-11-7-10(14)12(11)16-13(18)15-8-3-5-9(6-4-8)17(19)20/h3-6,10-12H,2,7,14H2,1H3,(H2,15,16,18). The molecule has 0 radical (unpaired) electrons. The third kappa shape index (κ3) is 3.67. The highest BCUT2D eigenvalue weighted by molar-refractivity contribution is 5.89. The largest absolute Gasteiger partial charge is 0.376 e. The van der Waals surface area contributed by atoms with Crippen molar-refractivity contribution >= 4 is 17.4 Å². The molecule has 0 aromatic heterocycles. The van der Waals surface area contributed by atoms with Crippen LogP contribution in [0.2, 0.25) is 0 Å². The minimum atomic E-state index is -0.496. The first-order valence-electron chi connectivity index (χ1n) is 6.70. The van der Waals surface area contributed by atoms with Gasteiger partial charge in [-0.15, -0.1) is 0 Å². The lowest BCUT2D eigenvalue weighted by Crippen LogP contribution is -2.65. The van der Waals surface area contributed by atoms with Gasteiger partial charge in [-0.25, -0.2) is 4.79 Å². The Hall–Kier alpha value is -2.19. The highest BCUT2D eigenvalue weighted by atomic mass is 16.6. The highest BCUT2D eigenvalue weighted by Gasteiger charge is 2.40. The zero-order valence-corrected chi connectivity index (χ0v) is 11.6. The first-order chi connectivity index (χ1) is 10.0.